The molecule has 0 aliphatic heterocycles. The van der Waals surface area contributed by atoms with Crippen molar-refractivity contribution in [3.8, 4) is 5.75 Å². The van der Waals surface area contributed by atoms with Crippen molar-refractivity contribution in [3.63, 3.8) is 0 Å². The van der Waals surface area contributed by atoms with Gasteiger partial charge in [0.15, 0.2) is 0 Å². The van der Waals surface area contributed by atoms with Crippen LogP contribution in [0.4, 0.5) is 13.2 Å². The van der Waals surface area contributed by atoms with Crippen LogP contribution in [0.3, 0.4) is 0 Å². The van der Waals surface area contributed by atoms with Gasteiger partial charge in [-0.2, -0.15) is 25.8 Å². The van der Waals surface area contributed by atoms with Gasteiger partial charge in [0, 0.05) is 0 Å². The van der Waals surface area contributed by atoms with Crippen molar-refractivity contribution < 1.29 is 17.9 Å². The molecule has 0 saturated carbocycles. The van der Waals surface area contributed by atoms with Crippen LogP contribution in [-0.2, 0) is 6.18 Å². The zero-order valence-electron chi connectivity index (χ0n) is 10.2. The van der Waals surface area contributed by atoms with Crippen molar-refractivity contribution in [3.05, 3.63) is 29.8 Å². The van der Waals surface area contributed by atoms with E-state index in [9.17, 15) is 13.2 Å². The topological polar surface area (TPSA) is 9.23 Å². The van der Waals surface area contributed by atoms with Crippen LogP contribution in [0.5, 0.6) is 5.75 Å². The van der Waals surface area contributed by atoms with Crippen LogP contribution in [-0.4, -0.2) is 12.4 Å². The van der Waals surface area contributed by atoms with Gasteiger partial charge < -0.3 is 4.74 Å². The summed E-state index contributed by atoms with van der Waals surface area (Å²) in [5.41, 5.74) is -0.677. The number of hydrogen-bond donors (Lipinski definition) is 1. The quantitative estimate of drug-likeness (QED) is 0.757. The highest BCUT2D eigenvalue weighted by molar-refractivity contribution is 7.80. The van der Waals surface area contributed by atoms with Crippen molar-refractivity contribution in [1.82, 2.24) is 0 Å². The summed E-state index contributed by atoms with van der Waals surface area (Å²) in [6.07, 6.45) is -2.52. The van der Waals surface area contributed by atoms with E-state index < -0.39 is 11.7 Å². The highest BCUT2D eigenvalue weighted by Crippen LogP contribution is 2.31. The minimum Gasteiger partial charge on any atom is -0.494 e. The molecule has 0 aromatic heterocycles. The molecule has 1 aromatic rings. The summed E-state index contributed by atoms with van der Waals surface area (Å²) in [6, 6.07) is 4.97. The maximum Gasteiger partial charge on any atom is 0.416 e. The molecule has 1 unspecified atom stereocenters. The Balaban J connectivity index is 2.48. The van der Waals surface area contributed by atoms with Crippen LogP contribution in [0.15, 0.2) is 24.3 Å². The smallest absolute Gasteiger partial charge is 0.416 e. The van der Waals surface area contributed by atoms with Gasteiger partial charge in [-0.25, -0.2) is 0 Å². The third-order valence-electron chi connectivity index (χ3n) is 2.66. The Morgan fingerprint density at radius 1 is 1.28 bits per heavy atom. The first kappa shape index (κ1) is 15.2. The second-order valence-corrected chi connectivity index (χ2v) is 4.73. The first-order chi connectivity index (χ1) is 8.43. The number of alkyl halides is 3. The first-order valence-electron chi connectivity index (χ1n) is 5.84. The number of hydrogen-bond acceptors (Lipinski definition) is 2. The molecule has 1 rings (SSSR count). The molecule has 0 N–H and O–H groups in total. The average Bonchev–Trinajstić information content (AvgIpc) is 2.29. The van der Waals surface area contributed by atoms with Crippen molar-refractivity contribution >= 4 is 12.6 Å². The SMILES string of the molecule is CC(CCS)CCOc1cccc(C(F)(F)F)c1. The van der Waals surface area contributed by atoms with Crippen LogP contribution in [0.25, 0.3) is 0 Å². The number of rotatable bonds is 6. The van der Waals surface area contributed by atoms with E-state index in [1.807, 2.05) is 0 Å². The van der Waals surface area contributed by atoms with Crippen LogP contribution in [0.2, 0.25) is 0 Å². The molecular weight excluding hydrogens is 261 g/mol. The van der Waals surface area contributed by atoms with Crippen LogP contribution >= 0.6 is 12.6 Å². The Kier molecular flexibility index (Phi) is 5.85. The summed E-state index contributed by atoms with van der Waals surface area (Å²) < 4.78 is 42.7. The van der Waals surface area contributed by atoms with Gasteiger partial charge >= 0.3 is 6.18 Å². The molecule has 0 bridgehead atoms. The first-order valence-corrected chi connectivity index (χ1v) is 6.47. The molecule has 18 heavy (non-hydrogen) atoms. The molecule has 0 spiro atoms. The van der Waals surface area contributed by atoms with Gasteiger partial charge in [-0.05, 0) is 42.7 Å². The van der Waals surface area contributed by atoms with Gasteiger partial charge in [0.25, 0.3) is 0 Å². The minimum absolute atomic E-state index is 0.267. The fourth-order valence-corrected chi connectivity index (χ4v) is 1.95. The molecular formula is C13H17F3OS. The van der Waals surface area contributed by atoms with Gasteiger partial charge in [0.1, 0.15) is 5.75 Å². The van der Waals surface area contributed by atoms with E-state index in [1.54, 1.807) is 6.07 Å². The number of ether oxygens (including phenoxy) is 1. The lowest BCUT2D eigenvalue weighted by Crippen LogP contribution is -2.07. The van der Waals surface area contributed by atoms with E-state index in [1.165, 1.54) is 6.07 Å². The Bertz CT molecular complexity index is 365. The van der Waals surface area contributed by atoms with Gasteiger partial charge in [0.2, 0.25) is 0 Å². The Morgan fingerprint density at radius 3 is 2.61 bits per heavy atom. The molecule has 1 nitrogen and oxygen atoms in total. The van der Waals surface area contributed by atoms with E-state index >= 15 is 0 Å². The summed E-state index contributed by atoms with van der Waals surface area (Å²) in [4.78, 5) is 0. The third-order valence-corrected chi connectivity index (χ3v) is 2.92. The van der Waals surface area contributed by atoms with Crippen LogP contribution < -0.4 is 4.74 Å². The van der Waals surface area contributed by atoms with E-state index in [2.05, 4.69) is 19.6 Å². The molecule has 0 fully saturated rings. The molecule has 0 aliphatic rings. The largest absolute Gasteiger partial charge is 0.494 e. The summed E-state index contributed by atoms with van der Waals surface area (Å²) in [5.74, 6) is 1.54. The third kappa shape index (κ3) is 5.21. The summed E-state index contributed by atoms with van der Waals surface area (Å²) in [7, 11) is 0. The molecule has 1 aromatic carbocycles. The lowest BCUT2D eigenvalue weighted by molar-refractivity contribution is -0.137. The molecule has 0 saturated heterocycles. The molecule has 102 valence electrons. The van der Waals surface area contributed by atoms with Crippen molar-refractivity contribution in [2.75, 3.05) is 12.4 Å². The van der Waals surface area contributed by atoms with Gasteiger partial charge in [0.05, 0.1) is 12.2 Å². The lowest BCUT2D eigenvalue weighted by Gasteiger charge is -2.12. The van der Waals surface area contributed by atoms with Gasteiger partial charge in [-0.1, -0.05) is 13.0 Å². The predicted molar refractivity (Wildman–Crippen MR) is 69.2 cm³/mol. The highest BCUT2D eigenvalue weighted by atomic mass is 32.1. The predicted octanol–water partition coefficient (Wildman–Crippen LogP) is 4.43. The van der Waals surface area contributed by atoms with E-state index in [0.29, 0.717) is 12.5 Å². The zero-order chi connectivity index (χ0) is 13.6. The number of halogens is 3. The number of thiol groups is 1. The Labute approximate surface area is 111 Å². The summed E-state index contributed by atoms with van der Waals surface area (Å²) in [5, 5.41) is 0. The normalized spacial score (nSPS) is 13.4. The Hall–Kier alpha value is -0.840. The summed E-state index contributed by atoms with van der Waals surface area (Å²) >= 11 is 4.13. The Morgan fingerprint density at radius 2 is 2.00 bits per heavy atom. The van der Waals surface area contributed by atoms with Gasteiger partial charge in [-0.15, -0.1) is 0 Å². The van der Waals surface area contributed by atoms with Crippen molar-refractivity contribution in [2.24, 2.45) is 5.92 Å². The monoisotopic (exact) mass is 278 g/mol. The second-order valence-electron chi connectivity index (χ2n) is 4.28. The van der Waals surface area contributed by atoms with E-state index in [-0.39, 0.29) is 5.75 Å². The molecule has 0 aliphatic carbocycles. The van der Waals surface area contributed by atoms with Gasteiger partial charge in [-0.3, -0.25) is 0 Å². The molecule has 0 heterocycles. The van der Waals surface area contributed by atoms with Crippen molar-refractivity contribution in [1.29, 1.82) is 0 Å². The van der Waals surface area contributed by atoms with E-state index in [4.69, 9.17) is 4.74 Å². The maximum absolute atomic E-state index is 12.5. The summed E-state index contributed by atoms with van der Waals surface area (Å²) in [6.45, 7) is 2.50. The maximum atomic E-state index is 12.5. The molecule has 0 radical (unpaired) electrons. The molecule has 1 atom stereocenters. The standard InChI is InChI=1S/C13H17F3OS/c1-10(6-8-18)5-7-17-12-4-2-3-11(9-12)13(14,15)16/h2-4,9-10,18H,5-8H2,1H3. The highest BCUT2D eigenvalue weighted by Gasteiger charge is 2.30. The molecule has 5 heteroatoms. The van der Waals surface area contributed by atoms with Crippen LogP contribution in [0, 0.1) is 5.92 Å². The van der Waals surface area contributed by atoms with Crippen molar-refractivity contribution in [2.45, 2.75) is 25.9 Å². The lowest BCUT2D eigenvalue weighted by atomic mass is 10.1. The average molecular weight is 278 g/mol. The van der Waals surface area contributed by atoms with Crippen LogP contribution in [0.1, 0.15) is 25.3 Å². The fourth-order valence-electron chi connectivity index (χ4n) is 1.50. The zero-order valence-corrected chi connectivity index (χ0v) is 11.1. The fraction of sp³-hybridized carbons (Fsp3) is 0.538. The minimum atomic E-state index is -4.32. The second kappa shape index (κ2) is 6.92. The molecule has 0 amide bonds. The number of benzene rings is 1. The van der Waals surface area contributed by atoms with E-state index in [0.717, 1.165) is 30.7 Å².